The Morgan fingerprint density at radius 3 is 2.81 bits per heavy atom. The van der Waals surface area contributed by atoms with Crippen LogP contribution in [0, 0.1) is 0 Å². The molecule has 1 aliphatic rings. The van der Waals surface area contributed by atoms with Gasteiger partial charge in [0.2, 0.25) is 0 Å². The van der Waals surface area contributed by atoms with E-state index in [-0.39, 0.29) is 0 Å². The summed E-state index contributed by atoms with van der Waals surface area (Å²) in [4.78, 5) is 6.78. The summed E-state index contributed by atoms with van der Waals surface area (Å²) in [6, 6.07) is 10.3. The Hall–Kier alpha value is -1.91. The van der Waals surface area contributed by atoms with Crippen LogP contribution in [-0.4, -0.2) is 43.3 Å². The fraction of sp³-hybridized carbons (Fsp3) is 0.353. The number of pyridine rings is 1. The number of ether oxygens (including phenoxy) is 2. The molecule has 21 heavy (non-hydrogen) atoms. The molecule has 4 heteroatoms. The van der Waals surface area contributed by atoms with Crippen LogP contribution in [0.1, 0.15) is 5.56 Å². The van der Waals surface area contributed by atoms with Crippen molar-refractivity contribution in [2.24, 2.45) is 0 Å². The summed E-state index contributed by atoms with van der Waals surface area (Å²) in [5, 5.41) is 0. The number of hydrogen-bond acceptors (Lipinski definition) is 4. The highest BCUT2D eigenvalue weighted by Crippen LogP contribution is 2.24. The minimum atomic E-state index is 0.822. The van der Waals surface area contributed by atoms with Gasteiger partial charge in [-0.3, -0.25) is 9.88 Å². The quantitative estimate of drug-likeness (QED) is 0.864. The van der Waals surface area contributed by atoms with Crippen molar-refractivity contribution < 1.29 is 9.47 Å². The minimum Gasteiger partial charge on any atom is -0.497 e. The zero-order valence-corrected chi connectivity index (χ0v) is 12.3. The topological polar surface area (TPSA) is 34.6 Å². The van der Waals surface area contributed by atoms with Crippen LogP contribution in [0.5, 0.6) is 5.75 Å². The molecular weight excluding hydrogens is 264 g/mol. The number of rotatable bonds is 4. The first-order chi connectivity index (χ1) is 10.3. The van der Waals surface area contributed by atoms with Crippen molar-refractivity contribution in [3.8, 4) is 16.9 Å². The molecule has 1 aromatic heterocycles. The lowest BCUT2D eigenvalue weighted by Crippen LogP contribution is -2.35. The van der Waals surface area contributed by atoms with Gasteiger partial charge in [0, 0.05) is 37.6 Å². The summed E-state index contributed by atoms with van der Waals surface area (Å²) >= 11 is 0. The predicted molar refractivity (Wildman–Crippen MR) is 82.3 cm³/mol. The lowest BCUT2D eigenvalue weighted by Gasteiger charge is -2.26. The van der Waals surface area contributed by atoms with Gasteiger partial charge in [-0.05, 0) is 29.3 Å². The van der Waals surface area contributed by atoms with Crippen LogP contribution >= 0.6 is 0 Å². The van der Waals surface area contributed by atoms with Crippen molar-refractivity contribution in [1.82, 2.24) is 9.88 Å². The average Bonchev–Trinajstić information content (AvgIpc) is 2.56. The molecule has 4 nitrogen and oxygen atoms in total. The Bertz CT molecular complexity index is 595. The molecule has 0 spiro atoms. The Morgan fingerprint density at radius 1 is 1.14 bits per heavy atom. The van der Waals surface area contributed by atoms with E-state index in [1.807, 2.05) is 30.6 Å². The second-order valence-corrected chi connectivity index (χ2v) is 5.20. The highest BCUT2D eigenvalue weighted by atomic mass is 16.5. The zero-order valence-electron chi connectivity index (χ0n) is 12.3. The summed E-state index contributed by atoms with van der Waals surface area (Å²) in [5.74, 6) is 0.867. The normalized spacial score (nSPS) is 15.9. The Balaban J connectivity index is 1.78. The summed E-state index contributed by atoms with van der Waals surface area (Å²) in [6.07, 6.45) is 3.84. The van der Waals surface area contributed by atoms with Crippen molar-refractivity contribution in [3.05, 3.63) is 48.3 Å². The van der Waals surface area contributed by atoms with E-state index in [2.05, 4.69) is 22.0 Å². The molecule has 0 unspecified atom stereocenters. The molecule has 1 aliphatic heterocycles. The molecule has 0 amide bonds. The number of aromatic nitrogens is 1. The van der Waals surface area contributed by atoms with E-state index in [4.69, 9.17) is 9.47 Å². The Labute approximate surface area is 125 Å². The largest absolute Gasteiger partial charge is 0.497 e. The van der Waals surface area contributed by atoms with Gasteiger partial charge in [0.05, 0.1) is 20.3 Å². The first-order valence-electron chi connectivity index (χ1n) is 7.23. The maximum Gasteiger partial charge on any atom is 0.119 e. The molecule has 0 radical (unpaired) electrons. The average molecular weight is 284 g/mol. The number of morpholine rings is 1. The van der Waals surface area contributed by atoms with E-state index >= 15 is 0 Å². The maximum absolute atomic E-state index is 5.38. The van der Waals surface area contributed by atoms with Gasteiger partial charge in [0.15, 0.2) is 0 Å². The van der Waals surface area contributed by atoms with E-state index in [0.717, 1.165) is 49.7 Å². The van der Waals surface area contributed by atoms with Gasteiger partial charge in [-0.15, -0.1) is 0 Å². The fourth-order valence-electron chi connectivity index (χ4n) is 2.55. The van der Waals surface area contributed by atoms with E-state index in [0.29, 0.717) is 0 Å². The van der Waals surface area contributed by atoms with E-state index in [1.165, 1.54) is 5.56 Å². The smallest absolute Gasteiger partial charge is 0.119 e. The van der Waals surface area contributed by atoms with E-state index in [1.54, 1.807) is 7.11 Å². The van der Waals surface area contributed by atoms with Crippen LogP contribution in [0.15, 0.2) is 42.7 Å². The van der Waals surface area contributed by atoms with Crippen molar-refractivity contribution in [2.75, 3.05) is 33.4 Å². The van der Waals surface area contributed by atoms with Gasteiger partial charge in [-0.1, -0.05) is 12.1 Å². The predicted octanol–water partition coefficient (Wildman–Crippen LogP) is 2.59. The van der Waals surface area contributed by atoms with Crippen LogP contribution in [0.4, 0.5) is 0 Å². The standard InChI is InChI=1S/C17H20N2O2/c1-20-17-4-2-3-15(10-17)16-9-14(11-18-12-16)13-19-5-7-21-8-6-19/h2-4,9-12H,5-8,13H2,1H3. The molecule has 110 valence electrons. The number of methoxy groups -OCH3 is 1. The Kier molecular flexibility index (Phi) is 4.48. The summed E-state index contributed by atoms with van der Waals surface area (Å²) in [6.45, 7) is 4.55. The van der Waals surface area contributed by atoms with Gasteiger partial charge in [-0.2, -0.15) is 0 Å². The van der Waals surface area contributed by atoms with Crippen LogP contribution in [0.3, 0.4) is 0 Å². The van der Waals surface area contributed by atoms with Gasteiger partial charge in [0.1, 0.15) is 5.75 Å². The highest BCUT2D eigenvalue weighted by Gasteiger charge is 2.11. The third kappa shape index (κ3) is 3.60. The highest BCUT2D eigenvalue weighted by molar-refractivity contribution is 5.64. The molecule has 1 saturated heterocycles. The lowest BCUT2D eigenvalue weighted by atomic mass is 10.1. The Morgan fingerprint density at radius 2 is 2.00 bits per heavy atom. The van der Waals surface area contributed by atoms with Crippen LogP contribution in [0.2, 0.25) is 0 Å². The van der Waals surface area contributed by atoms with Crippen molar-refractivity contribution in [2.45, 2.75) is 6.54 Å². The third-order valence-electron chi connectivity index (χ3n) is 3.71. The number of nitrogens with zero attached hydrogens (tertiary/aromatic N) is 2. The minimum absolute atomic E-state index is 0.822. The second-order valence-electron chi connectivity index (χ2n) is 5.20. The van der Waals surface area contributed by atoms with Crippen molar-refractivity contribution in [1.29, 1.82) is 0 Å². The molecule has 0 aliphatic carbocycles. The molecule has 2 aromatic rings. The summed E-state index contributed by atoms with van der Waals surface area (Å²) in [5.41, 5.74) is 3.49. The molecule has 0 atom stereocenters. The van der Waals surface area contributed by atoms with E-state index in [9.17, 15) is 0 Å². The molecule has 2 heterocycles. The maximum atomic E-state index is 5.38. The van der Waals surface area contributed by atoms with Crippen LogP contribution in [-0.2, 0) is 11.3 Å². The van der Waals surface area contributed by atoms with Crippen molar-refractivity contribution >= 4 is 0 Å². The van der Waals surface area contributed by atoms with Gasteiger partial charge in [-0.25, -0.2) is 0 Å². The molecule has 0 saturated carbocycles. The first-order valence-corrected chi connectivity index (χ1v) is 7.23. The van der Waals surface area contributed by atoms with Crippen LogP contribution in [0.25, 0.3) is 11.1 Å². The summed E-state index contributed by atoms with van der Waals surface area (Å²) in [7, 11) is 1.69. The first kappa shape index (κ1) is 14.0. The van der Waals surface area contributed by atoms with E-state index < -0.39 is 0 Å². The molecule has 3 rings (SSSR count). The molecular formula is C17H20N2O2. The fourth-order valence-corrected chi connectivity index (χ4v) is 2.55. The zero-order chi connectivity index (χ0) is 14.5. The summed E-state index contributed by atoms with van der Waals surface area (Å²) < 4.78 is 10.7. The third-order valence-corrected chi connectivity index (χ3v) is 3.71. The number of benzene rings is 1. The SMILES string of the molecule is COc1cccc(-c2cncc(CN3CCOCC3)c2)c1. The molecule has 0 N–H and O–H groups in total. The molecule has 1 aromatic carbocycles. The van der Waals surface area contributed by atoms with Gasteiger partial charge in [0.25, 0.3) is 0 Å². The molecule has 1 fully saturated rings. The lowest BCUT2D eigenvalue weighted by molar-refractivity contribution is 0.0341. The van der Waals surface area contributed by atoms with Crippen molar-refractivity contribution in [3.63, 3.8) is 0 Å². The monoisotopic (exact) mass is 284 g/mol. The molecule has 0 bridgehead atoms. The van der Waals surface area contributed by atoms with Gasteiger partial charge < -0.3 is 9.47 Å². The second kappa shape index (κ2) is 6.70. The number of hydrogen-bond donors (Lipinski definition) is 0. The van der Waals surface area contributed by atoms with Crippen LogP contribution < -0.4 is 4.74 Å². The van der Waals surface area contributed by atoms with Gasteiger partial charge >= 0.3 is 0 Å².